The van der Waals surface area contributed by atoms with E-state index in [1.807, 2.05) is 29.6 Å². The first-order chi connectivity index (χ1) is 10.7. The molecule has 2 aromatic heterocycles. The fraction of sp³-hybridized carbons (Fsp3) is 0.133. The fourth-order valence-corrected chi connectivity index (χ4v) is 2.63. The van der Waals surface area contributed by atoms with Gasteiger partial charge >= 0.3 is 0 Å². The molecule has 7 heteroatoms. The smallest absolute Gasteiger partial charge is 0.246 e. The summed E-state index contributed by atoms with van der Waals surface area (Å²) in [5.41, 5.74) is 0.895. The lowest BCUT2D eigenvalue weighted by Gasteiger charge is -2.02. The molecule has 2 heterocycles. The topological polar surface area (TPSA) is 68.0 Å². The molecule has 0 fully saturated rings. The normalized spacial score (nSPS) is 10.6. The van der Waals surface area contributed by atoms with Crippen LogP contribution in [0.5, 0.6) is 0 Å². The summed E-state index contributed by atoms with van der Waals surface area (Å²) in [6, 6.07) is 11.0. The number of benzene rings is 1. The van der Waals surface area contributed by atoms with Gasteiger partial charge in [-0.05, 0) is 29.1 Å². The van der Waals surface area contributed by atoms with Crippen LogP contribution in [0, 0.1) is 0 Å². The van der Waals surface area contributed by atoms with Crippen LogP contribution < -0.4 is 5.32 Å². The summed E-state index contributed by atoms with van der Waals surface area (Å²) < 4.78 is 5.12. The van der Waals surface area contributed by atoms with Crippen LogP contribution in [0.2, 0.25) is 5.02 Å². The lowest BCUT2D eigenvalue weighted by atomic mass is 10.1. The Morgan fingerprint density at radius 3 is 2.82 bits per heavy atom. The number of amides is 1. The van der Waals surface area contributed by atoms with Crippen LogP contribution in [0.1, 0.15) is 11.5 Å². The molecule has 0 saturated heterocycles. The fourth-order valence-electron chi connectivity index (χ4n) is 1.86. The molecule has 0 bridgehead atoms. The zero-order valence-electron chi connectivity index (χ0n) is 11.5. The number of aromatic nitrogens is 2. The average molecular weight is 334 g/mol. The Hall–Kier alpha value is -2.18. The molecule has 22 heavy (non-hydrogen) atoms. The van der Waals surface area contributed by atoms with Gasteiger partial charge in [0, 0.05) is 5.02 Å². The van der Waals surface area contributed by atoms with Crippen molar-refractivity contribution in [1.29, 1.82) is 0 Å². The Morgan fingerprint density at radius 2 is 2.09 bits per heavy atom. The highest BCUT2D eigenvalue weighted by Gasteiger charge is 2.10. The van der Waals surface area contributed by atoms with E-state index in [9.17, 15) is 4.79 Å². The molecule has 3 rings (SSSR count). The highest BCUT2D eigenvalue weighted by molar-refractivity contribution is 7.13. The van der Waals surface area contributed by atoms with E-state index >= 15 is 0 Å². The van der Waals surface area contributed by atoms with Crippen molar-refractivity contribution in [3.05, 3.63) is 58.3 Å². The molecule has 112 valence electrons. The molecule has 0 atom stereocenters. The SMILES string of the molecule is O=C(Cc1ccc(Cl)cc1)NCc1nc(-c2cccs2)no1. The van der Waals surface area contributed by atoms with Gasteiger partial charge in [-0.15, -0.1) is 11.3 Å². The summed E-state index contributed by atoms with van der Waals surface area (Å²) in [6.45, 7) is 0.213. The Bertz CT molecular complexity index is 753. The Labute approximate surface area is 135 Å². The van der Waals surface area contributed by atoms with E-state index < -0.39 is 0 Å². The first-order valence-corrected chi connectivity index (χ1v) is 7.84. The minimum atomic E-state index is -0.113. The van der Waals surface area contributed by atoms with E-state index in [1.165, 1.54) is 11.3 Å². The van der Waals surface area contributed by atoms with Crippen LogP contribution in [0.3, 0.4) is 0 Å². The van der Waals surface area contributed by atoms with Gasteiger partial charge in [-0.25, -0.2) is 0 Å². The predicted molar refractivity (Wildman–Crippen MR) is 84.6 cm³/mol. The largest absolute Gasteiger partial charge is 0.347 e. The number of hydrogen-bond acceptors (Lipinski definition) is 5. The molecule has 0 unspecified atom stereocenters. The molecule has 1 amide bonds. The molecule has 0 radical (unpaired) electrons. The number of nitrogens with zero attached hydrogens (tertiary/aromatic N) is 2. The number of thiophene rings is 1. The van der Waals surface area contributed by atoms with E-state index in [-0.39, 0.29) is 18.9 Å². The third-order valence-electron chi connectivity index (χ3n) is 2.92. The van der Waals surface area contributed by atoms with Crippen molar-refractivity contribution in [2.75, 3.05) is 0 Å². The van der Waals surface area contributed by atoms with Crippen LogP contribution in [-0.2, 0) is 17.8 Å². The summed E-state index contributed by atoms with van der Waals surface area (Å²) in [6.07, 6.45) is 0.281. The lowest BCUT2D eigenvalue weighted by molar-refractivity contribution is -0.120. The van der Waals surface area contributed by atoms with Gasteiger partial charge < -0.3 is 9.84 Å². The maximum Gasteiger partial charge on any atom is 0.246 e. The van der Waals surface area contributed by atoms with Crippen LogP contribution in [0.25, 0.3) is 10.7 Å². The number of hydrogen-bond donors (Lipinski definition) is 1. The number of carbonyl (C=O) groups excluding carboxylic acids is 1. The molecule has 0 aliphatic rings. The monoisotopic (exact) mass is 333 g/mol. The quantitative estimate of drug-likeness (QED) is 0.777. The number of nitrogens with one attached hydrogen (secondary N) is 1. The second kappa shape index (κ2) is 6.72. The van der Waals surface area contributed by atoms with E-state index in [0.717, 1.165) is 10.4 Å². The predicted octanol–water partition coefficient (Wildman–Crippen LogP) is 3.31. The van der Waals surface area contributed by atoms with Crippen LogP contribution in [-0.4, -0.2) is 16.0 Å². The van der Waals surface area contributed by atoms with Crippen LogP contribution in [0.4, 0.5) is 0 Å². The van der Waals surface area contributed by atoms with Gasteiger partial charge in [0.25, 0.3) is 0 Å². The molecule has 1 aromatic carbocycles. The Balaban J connectivity index is 1.54. The van der Waals surface area contributed by atoms with Crippen molar-refractivity contribution in [3.8, 4) is 10.7 Å². The van der Waals surface area contributed by atoms with Gasteiger partial charge in [0.1, 0.15) is 0 Å². The second-order valence-electron chi connectivity index (χ2n) is 4.57. The first kappa shape index (κ1) is 14.7. The highest BCUT2D eigenvalue weighted by atomic mass is 35.5. The maximum atomic E-state index is 11.9. The minimum absolute atomic E-state index is 0.113. The molecule has 1 N–H and O–H groups in total. The highest BCUT2D eigenvalue weighted by Crippen LogP contribution is 2.21. The van der Waals surface area contributed by atoms with Crippen LogP contribution in [0.15, 0.2) is 46.3 Å². The molecular formula is C15H12ClN3O2S. The average Bonchev–Trinajstić information content (AvgIpc) is 3.18. The van der Waals surface area contributed by atoms with Gasteiger partial charge in [-0.2, -0.15) is 4.98 Å². The summed E-state index contributed by atoms with van der Waals surface area (Å²) in [5, 5.41) is 9.24. The summed E-state index contributed by atoms with van der Waals surface area (Å²) in [7, 11) is 0. The van der Waals surface area contributed by atoms with E-state index in [1.54, 1.807) is 12.1 Å². The number of halogens is 1. The van der Waals surface area contributed by atoms with Gasteiger partial charge in [-0.3, -0.25) is 4.79 Å². The summed E-state index contributed by atoms with van der Waals surface area (Å²) >= 11 is 7.34. The molecule has 3 aromatic rings. The number of carbonyl (C=O) groups is 1. The van der Waals surface area contributed by atoms with Gasteiger partial charge in [0.15, 0.2) is 0 Å². The van der Waals surface area contributed by atoms with Crippen molar-refractivity contribution < 1.29 is 9.32 Å². The van der Waals surface area contributed by atoms with E-state index in [0.29, 0.717) is 16.7 Å². The minimum Gasteiger partial charge on any atom is -0.347 e. The Morgan fingerprint density at radius 1 is 1.27 bits per heavy atom. The van der Waals surface area contributed by atoms with E-state index in [4.69, 9.17) is 16.1 Å². The summed E-state index contributed by atoms with van der Waals surface area (Å²) in [4.78, 5) is 17.1. The molecular weight excluding hydrogens is 322 g/mol. The third kappa shape index (κ3) is 3.72. The van der Waals surface area contributed by atoms with Crippen molar-refractivity contribution in [3.63, 3.8) is 0 Å². The van der Waals surface area contributed by atoms with Gasteiger partial charge in [-0.1, -0.05) is 35.0 Å². The summed E-state index contributed by atoms with van der Waals surface area (Å²) in [5.74, 6) is 0.808. The van der Waals surface area contributed by atoms with Gasteiger partial charge in [0.05, 0.1) is 17.8 Å². The third-order valence-corrected chi connectivity index (χ3v) is 4.04. The molecule has 0 saturated carbocycles. The van der Waals surface area contributed by atoms with Crippen LogP contribution >= 0.6 is 22.9 Å². The molecule has 0 aliphatic heterocycles. The molecule has 0 aliphatic carbocycles. The van der Waals surface area contributed by atoms with Crippen molar-refractivity contribution >= 4 is 28.8 Å². The van der Waals surface area contributed by atoms with Gasteiger partial charge in [0.2, 0.25) is 17.6 Å². The number of rotatable bonds is 5. The zero-order chi connectivity index (χ0) is 15.4. The van der Waals surface area contributed by atoms with Crippen molar-refractivity contribution in [2.45, 2.75) is 13.0 Å². The Kier molecular flexibility index (Phi) is 4.50. The molecule has 0 spiro atoms. The van der Waals surface area contributed by atoms with E-state index in [2.05, 4.69) is 15.5 Å². The van der Waals surface area contributed by atoms with Crippen molar-refractivity contribution in [1.82, 2.24) is 15.5 Å². The lowest BCUT2D eigenvalue weighted by Crippen LogP contribution is -2.24. The molecule has 5 nitrogen and oxygen atoms in total. The maximum absolute atomic E-state index is 11.9. The zero-order valence-corrected chi connectivity index (χ0v) is 13.0. The second-order valence-corrected chi connectivity index (χ2v) is 5.95. The first-order valence-electron chi connectivity index (χ1n) is 6.58. The standard InChI is InChI=1S/C15H12ClN3O2S/c16-11-5-3-10(4-6-11)8-13(20)17-9-14-18-15(19-21-14)12-2-1-7-22-12/h1-7H,8-9H2,(H,17,20). The van der Waals surface area contributed by atoms with Crippen molar-refractivity contribution in [2.24, 2.45) is 0 Å².